The number of aryl methyl sites for hydroxylation is 1. The molecule has 0 aliphatic carbocycles. The molecule has 3 N–H and O–H groups in total. The van der Waals surface area contributed by atoms with Gasteiger partial charge in [-0.1, -0.05) is 24.3 Å². The summed E-state index contributed by atoms with van der Waals surface area (Å²) in [6.07, 6.45) is 0. The van der Waals surface area contributed by atoms with E-state index in [1.54, 1.807) is 48.5 Å². The third-order valence-electron chi connectivity index (χ3n) is 4.63. The highest BCUT2D eigenvalue weighted by Gasteiger charge is 2.12. The van der Waals surface area contributed by atoms with Crippen LogP contribution < -0.4 is 15.8 Å². The molecule has 1 heterocycles. The van der Waals surface area contributed by atoms with Crippen LogP contribution in [0.15, 0.2) is 78.9 Å². The predicted molar refractivity (Wildman–Crippen MR) is 116 cm³/mol. The zero-order valence-electron chi connectivity index (χ0n) is 16.3. The number of amides is 2. The van der Waals surface area contributed by atoms with E-state index in [4.69, 9.17) is 10.5 Å². The minimum Gasteiger partial charge on any atom is -0.457 e. The lowest BCUT2D eigenvalue weighted by atomic mass is 10.1. The molecule has 2 amide bonds. The molecule has 6 nitrogen and oxygen atoms in total. The fourth-order valence-electron chi connectivity index (χ4n) is 3.10. The summed E-state index contributed by atoms with van der Waals surface area (Å²) in [6.45, 7) is 1.82. The Morgan fingerprint density at radius 1 is 0.900 bits per heavy atom. The molecule has 1 aromatic heterocycles. The summed E-state index contributed by atoms with van der Waals surface area (Å²) >= 11 is 0. The van der Waals surface area contributed by atoms with Crippen molar-refractivity contribution in [1.29, 1.82) is 0 Å². The first kappa shape index (κ1) is 19.1. The first-order chi connectivity index (χ1) is 14.5. The molecule has 0 radical (unpaired) electrons. The van der Waals surface area contributed by atoms with E-state index in [0.29, 0.717) is 34.0 Å². The Hall–Kier alpha value is -4.19. The second-order valence-electron chi connectivity index (χ2n) is 6.79. The van der Waals surface area contributed by atoms with Crippen molar-refractivity contribution < 1.29 is 14.3 Å². The Bertz CT molecular complexity index is 1250. The van der Waals surface area contributed by atoms with E-state index in [9.17, 15) is 9.59 Å². The van der Waals surface area contributed by atoms with Gasteiger partial charge in [0.05, 0.1) is 16.8 Å². The van der Waals surface area contributed by atoms with Gasteiger partial charge in [0.25, 0.3) is 5.91 Å². The van der Waals surface area contributed by atoms with Crippen LogP contribution in [0.4, 0.5) is 5.69 Å². The zero-order valence-corrected chi connectivity index (χ0v) is 16.3. The van der Waals surface area contributed by atoms with Gasteiger partial charge < -0.3 is 15.8 Å². The largest absolute Gasteiger partial charge is 0.457 e. The van der Waals surface area contributed by atoms with Crippen LogP contribution in [0.2, 0.25) is 0 Å². The molecule has 0 unspecified atom stereocenters. The van der Waals surface area contributed by atoms with E-state index < -0.39 is 5.91 Å². The quantitative estimate of drug-likeness (QED) is 0.511. The van der Waals surface area contributed by atoms with Gasteiger partial charge in [0.15, 0.2) is 0 Å². The Balaban J connectivity index is 1.48. The highest BCUT2D eigenvalue weighted by atomic mass is 16.5. The number of hydrogen-bond acceptors (Lipinski definition) is 4. The summed E-state index contributed by atoms with van der Waals surface area (Å²) in [6, 6.07) is 23.1. The maximum atomic E-state index is 12.7. The predicted octanol–water partition coefficient (Wildman–Crippen LogP) is 4.69. The Labute approximate surface area is 173 Å². The average Bonchev–Trinajstić information content (AvgIpc) is 2.74. The number of para-hydroxylation sites is 1. The van der Waals surface area contributed by atoms with Crippen molar-refractivity contribution in [3.05, 3.63) is 95.7 Å². The van der Waals surface area contributed by atoms with E-state index in [1.165, 1.54) is 0 Å². The molecule has 3 aromatic carbocycles. The van der Waals surface area contributed by atoms with Gasteiger partial charge in [-0.3, -0.25) is 14.6 Å². The molecule has 148 valence electrons. The van der Waals surface area contributed by atoms with E-state index in [1.807, 2.05) is 37.3 Å². The summed E-state index contributed by atoms with van der Waals surface area (Å²) in [7, 11) is 0. The van der Waals surface area contributed by atoms with Crippen molar-refractivity contribution in [3.63, 3.8) is 0 Å². The van der Waals surface area contributed by atoms with Crippen LogP contribution in [0.1, 0.15) is 26.4 Å². The number of ether oxygens (including phenoxy) is 1. The SMILES string of the molecule is Cc1nc2ccccc2cc1C(=O)Nc1ccc(Oc2cccc(C(N)=O)c2)cc1. The van der Waals surface area contributed by atoms with E-state index in [-0.39, 0.29) is 5.91 Å². The number of rotatable bonds is 5. The molecular weight excluding hydrogens is 378 g/mol. The Morgan fingerprint density at radius 2 is 1.67 bits per heavy atom. The number of primary amides is 1. The van der Waals surface area contributed by atoms with Gasteiger partial charge in [0, 0.05) is 16.6 Å². The minimum absolute atomic E-state index is 0.228. The molecule has 4 rings (SSSR count). The number of anilines is 1. The molecule has 0 aliphatic rings. The molecule has 4 aromatic rings. The normalized spacial score (nSPS) is 10.6. The Kier molecular flexibility index (Phi) is 5.13. The lowest BCUT2D eigenvalue weighted by Gasteiger charge is -2.10. The maximum absolute atomic E-state index is 12.7. The van der Waals surface area contributed by atoms with Gasteiger partial charge in [0.1, 0.15) is 11.5 Å². The van der Waals surface area contributed by atoms with Crippen molar-refractivity contribution >= 4 is 28.4 Å². The molecule has 0 aliphatic heterocycles. The molecular formula is C24H19N3O3. The standard InChI is InChI=1S/C24H19N3O3/c1-15-21(14-16-5-2-3-8-22(16)26-15)24(29)27-18-9-11-19(12-10-18)30-20-7-4-6-17(13-20)23(25)28/h2-14H,1H3,(H2,25,28)(H,27,29). The van der Waals surface area contributed by atoms with Gasteiger partial charge >= 0.3 is 0 Å². The number of nitrogens with zero attached hydrogens (tertiary/aromatic N) is 1. The maximum Gasteiger partial charge on any atom is 0.257 e. The topological polar surface area (TPSA) is 94.3 Å². The second-order valence-corrected chi connectivity index (χ2v) is 6.79. The van der Waals surface area contributed by atoms with Crippen LogP contribution in [0.3, 0.4) is 0 Å². The zero-order chi connectivity index (χ0) is 21.1. The van der Waals surface area contributed by atoms with Gasteiger partial charge in [-0.05, 0) is 61.5 Å². The third-order valence-corrected chi connectivity index (χ3v) is 4.63. The second kappa shape index (κ2) is 8.05. The van der Waals surface area contributed by atoms with Crippen molar-refractivity contribution in [3.8, 4) is 11.5 Å². The molecule has 0 fully saturated rings. The lowest BCUT2D eigenvalue weighted by Crippen LogP contribution is -2.14. The van der Waals surface area contributed by atoms with Gasteiger partial charge in [-0.15, -0.1) is 0 Å². The summed E-state index contributed by atoms with van der Waals surface area (Å²) < 4.78 is 5.75. The minimum atomic E-state index is -0.517. The van der Waals surface area contributed by atoms with Crippen molar-refractivity contribution in [2.75, 3.05) is 5.32 Å². The van der Waals surface area contributed by atoms with Crippen molar-refractivity contribution in [2.45, 2.75) is 6.92 Å². The summed E-state index contributed by atoms with van der Waals surface area (Å²) in [4.78, 5) is 28.5. The number of aromatic nitrogens is 1. The number of pyridine rings is 1. The van der Waals surface area contributed by atoms with Crippen LogP contribution in [-0.2, 0) is 0 Å². The van der Waals surface area contributed by atoms with Gasteiger partial charge in [-0.2, -0.15) is 0 Å². The van der Waals surface area contributed by atoms with Crippen LogP contribution in [0, 0.1) is 6.92 Å². The smallest absolute Gasteiger partial charge is 0.257 e. The van der Waals surface area contributed by atoms with Crippen LogP contribution in [-0.4, -0.2) is 16.8 Å². The first-order valence-electron chi connectivity index (χ1n) is 9.35. The number of nitrogens with two attached hydrogens (primary N) is 1. The number of hydrogen-bond donors (Lipinski definition) is 2. The van der Waals surface area contributed by atoms with Crippen LogP contribution in [0.5, 0.6) is 11.5 Å². The molecule has 6 heteroatoms. The van der Waals surface area contributed by atoms with Gasteiger partial charge in [-0.25, -0.2) is 0 Å². The number of nitrogens with one attached hydrogen (secondary N) is 1. The molecule has 0 atom stereocenters. The molecule has 0 spiro atoms. The molecule has 0 saturated carbocycles. The number of fused-ring (bicyclic) bond motifs is 1. The molecule has 30 heavy (non-hydrogen) atoms. The third kappa shape index (κ3) is 4.12. The highest BCUT2D eigenvalue weighted by Crippen LogP contribution is 2.24. The van der Waals surface area contributed by atoms with E-state index in [0.717, 1.165) is 10.9 Å². The van der Waals surface area contributed by atoms with Gasteiger partial charge in [0.2, 0.25) is 5.91 Å². The van der Waals surface area contributed by atoms with Crippen molar-refractivity contribution in [2.24, 2.45) is 5.73 Å². The fourth-order valence-corrected chi connectivity index (χ4v) is 3.10. The first-order valence-corrected chi connectivity index (χ1v) is 9.35. The van der Waals surface area contributed by atoms with Crippen molar-refractivity contribution in [1.82, 2.24) is 4.98 Å². The molecule has 0 bridgehead atoms. The fraction of sp³-hybridized carbons (Fsp3) is 0.0417. The highest BCUT2D eigenvalue weighted by molar-refractivity contribution is 6.06. The number of benzene rings is 3. The average molecular weight is 397 g/mol. The van der Waals surface area contributed by atoms with E-state index in [2.05, 4.69) is 10.3 Å². The number of carbonyl (C=O) groups is 2. The van der Waals surface area contributed by atoms with E-state index >= 15 is 0 Å². The number of carbonyl (C=O) groups excluding carboxylic acids is 2. The summed E-state index contributed by atoms with van der Waals surface area (Å²) in [5.41, 5.74) is 8.34. The van der Waals surface area contributed by atoms with Crippen LogP contribution in [0.25, 0.3) is 10.9 Å². The van der Waals surface area contributed by atoms with Crippen LogP contribution >= 0.6 is 0 Å². The monoisotopic (exact) mass is 397 g/mol. The lowest BCUT2D eigenvalue weighted by molar-refractivity contribution is 0.0997. The summed E-state index contributed by atoms with van der Waals surface area (Å²) in [5, 5.41) is 3.80. The summed E-state index contributed by atoms with van der Waals surface area (Å²) in [5.74, 6) is 0.324. The Morgan fingerprint density at radius 3 is 2.43 bits per heavy atom. The molecule has 0 saturated heterocycles.